The number of ether oxygens (including phenoxy) is 1. The van der Waals surface area contributed by atoms with Crippen LogP contribution in [-0.2, 0) is 4.74 Å². The first-order valence-electron chi connectivity index (χ1n) is 6.52. The quantitative estimate of drug-likeness (QED) is 0.626. The molecule has 114 valence electrons. The summed E-state index contributed by atoms with van der Waals surface area (Å²) in [5, 5.41) is 33.9. The highest BCUT2D eigenvalue weighted by atomic mass is 16.6. The third-order valence-corrected chi connectivity index (χ3v) is 3.55. The minimum atomic E-state index is -1.19. The first kappa shape index (κ1) is 14.1. The molecule has 0 unspecified atom stereocenters. The summed E-state index contributed by atoms with van der Waals surface area (Å²) < 4.78 is 6.86. The molecule has 9 heteroatoms. The summed E-state index contributed by atoms with van der Waals surface area (Å²) in [6, 6.07) is 0. The van der Waals surface area contributed by atoms with Crippen molar-refractivity contribution in [1.82, 2.24) is 19.7 Å². The molecule has 0 bridgehead atoms. The molecule has 0 amide bonds. The van der Waals surface area contributed by atoms with Gasteiger partial charge in [-0.3, -0.25) is 0 Å². The van der Waals surface area contributed by atoms with E-state index in [0.717, 1.165) is 0 Å². The van der Waals surface area contributed by atoms with Crippen molar-refractivity contribution in [2.24, 2.45) is 0 Å². The number of hydrogen-bond acceptors (Lipinski definition) is 8. The molecule has 3 rings (SSSR count). The fourth-order valence-corrected chi connectivity index (χ4v) is 2.47. The molecule has 1 saturated heterocycles. The van der Waals surface area contributed by atoms with Crippen LogP contribution in [0.3, 0.4) is 0 Å². The molecule has 1 fully saturated rings. The van der Waals surface area contributed by atoms with Gasteiger partial charge < -0.3 is 25.0 Å². The Morgan fingerprint density at radius 3 is 2.67 bits per heavy atom. The van der Waals surface area contributed by atoms with Crippen molar-refractivity contribution < 1.29 is 20.1 Å². The normalized spacial score (nSPS) is 29.2. The lowest BCUT2D eigenvalue weighted by molar-refractivity contribution is -0.0566. The lowest BCUT2D eigenvalue weighted by Gasteiger charge is -2.16. The second kappa shape index (κ2) is 5.19. The first-order valence-corrected chi connectivity index (χ1v) is 6.52. The number of anilines is 1. The van der Waals surface area contributed by atoms with Gasteiger partial charge in [0.1, 0.15) is 30.5 Å². The topological polar surface area (TPSA) is 117 Å². The van der Waals surface area contributed by atoms with Crippen molar-refractivity contribution in [3.05, 3.63) is 12.5 Å². The summed E-state index contributed by atoms with van der Waals surface area (Å²) in [5.74, 6) is 0.693. The predicted octanol–water partition coefficient (Wildman–Crippen LogP) is -1.50. The lowest BCUT2D eigenvalue weighted by atomic mass is 10.1. The number of aliphatic hydroxyl groups is 3. The molecule has 1 aliphatic heterocycles. The Labute approximate surface area is 120 Å². The van der Waals surface area contributed by atoms with Crippen LogP contribution in [0.1, 0.15) is 6.23 Å². The van der Waals surface area contributed by atoms with E-state index in [9.17, 15) is 10.2 Å². The first-order chi connectivity index (χ1) is 10.0. The van der Waals surface area contributed by atoms with Gasteiger partial charge >= 0.3 is 0 Å². The van der Waals surface area contributed by atoms with Crippen molar-refractivity contribution in [2.45, 2.75) is 24.5 Å². The maximum absolute atomic E-state index is 10.1. The van der Waals surface area contributed by atoms with Gasteiger partial charge in [0.25, 0.3) is 0 Å². The molecule has 21 heavy (non-hydrogen) atoms. The van der Waals surface area contributed by atoms with Gasteiger partial charge in [-0.15, -0.1) is 0 Å². The van der Waals surface area contributed by atoms with Crippen molar-refractivity contribution in [3.63, 3.8) is 0 Å². The molecule has 3 heterocycles. The molecule has 0 aliphatic carbocycles. The average molecular weight is 295 g/mol. The molecule has 0 radical (unpaired) electrons. The van der Waals surface area contributed by atoms with Crippen LogP contribution in [0.25, 0.3) is 11.0 Å². The highest BCUT2D eigenvalue weighted by Gasteiger charge is 2.44. The molecule has 2 aromatic rings. The van der Waals surface area contributed by atoms with Gasteiger partial charge in [0, 0.05) is 14.1 Å². The molecule has 3 N–H and O–H groups in total. The van der Waals surface area contributed by atoms with Crippen LogP contribution in [0.15, 0.2) is 12.5 Å². The second-order valence-corrected chi connectivity index (χ2v) is 5.15. The Hall–Kier alpha value is -1.81. The van der Waals surface area contributed by atoms with Gasteiger partial charge in [-0.05, 0) is 0 Å². The van der Waals surface area contributed by atoms with Gasteiger partial charge in [-0.1, -0.05) is 0 Å². The molecule has 4 atom stereocenters. The highest BCUT2D eigenvalue weighted by Crippen LogP contribution is 2.32. The SMILES string of the molecule is CN(C)c1ncnc2c1cnn2[C@@H]1O[C@@H](CO)[C@@H](O)[C@@H]1O. The van der Waals surface area contributed by atoms with Gasteiger partial charge in [0.15, 0.2) is 11.9 Å². The third kappa shape index (κ3) is 2.14. The zero-order valence-corrected chi connectivity index (χ0v) is 11.7. The van der Waals surface area contributed by atoms with Gasteiger partial charge in [0.05, 0.1) is 18.2 Å². The maximum Gasteiger partial charge on any atom is 0.181 e. The standard InChI is InChI=1S/C12H17N5O4/c1-16(2)10-6-3-15-17(11(6)14-5-13-10)12-9(20)8(19)7(4-18)21-12/h3,5,7-9,12,18-20H,4H2,1-2H3/t7-,8+,9-,12+/m0/s1. The van der Waals surface area contributed by atoms with Crippen LogP contribution >= 0.6 is 0 Å². The van der Waals surface area contributed by atoms with Crippen molar-refractivity contribution >= 4 is 16.9 Å². The minimum absolute atomic E-state index is 0.383. The van der Waals surface area contributed by atoms with Crippen LogP contribution in [0, 0.1) is 0 Å². The summed E-state index contributed by atoms with van der Waals surface area (Å²) in [5.41, 5.74) is 0.489. The summed E-state index contributed by atoms with van der Waals surface area (Å²) >= 11 is 0. The van der Waals surface area contributed by atoms with Crippen LogP contribution in [-0.4, -0.2) is 74.1 Å². The third-order valence-electron chi connectivity index (χ3n) is 3.55. The average Bonchev–Trinajstić information content (AvgIpc) is 3.01. The number of aliphatic hydroxyl groups excluding tert-OH is 3. The summed E-state index contributed by atoms with van der Waals surface area (Å²) in [6.07, 6.45) is -1.13. The van der Waals surface area contributed by atoms with Crippen LogP contribution < -0.4 is 4.90 Å². The van der Waals surface area contributed by atoms with E-state index in [0.29, 0.717) is 16.9 Å². The van der Waals surface area contributed by atoms with E-state index < -0.39 is 24.5 Å². The fraction of sp³-hybridized carbons (Fsp3) is 0.583. The Morgan fingerprint density at radius 2 is 2.05 bits per heavy atom. The minimum Gasteiger partial charge on any atom is -0.394 e. The van der Waals surface area contributed by atoms with E-state index in [1.54, 1.807) is 6.20 Å². The molecule has 0 aromatic carbocycles. The lowest BCUT2D eigenvalue weighted by Crippen LogP contribution is -2.33. The molecular formula is C12H17N5O4. The Balaban J connectivity index is 2.04. The zero-order chi connectivity index (χ0) is 15.1. The van der Waals surface area contributed by atoms with E-state index >= 15 is 0 Å². The highest BCUT2D eigenvalue weighted by molar-refractivity contribution is 5.86. The van der Waals surface area contributed by atoms with E-state index in [2.05, 4.69) is 15.1 Å². The number of rotatable bonds is 3. The van der Waals surface area contributed by atoms with Crippen LogP contribution in [0.5, 0.6) is 0 Å². The second-order valence-electron chi connectivity index (χ2n) is 5.15. The van der Waals surface area contributed by atoms with Gasteiger partial charge in [-0.2, -0.15) is 5.10 Å². The maximum atomic E-state index is 10.1. The van der Waals surface area contributed by atoms with E-state index in [1.807, 2.05) is 19.0 Å². The fourth-order valence-electron chi connectivity index (χ4n) is 2.47. The van der Waals surface area contributed by atoms with Crippen molar-refractivity contribution in [1.29, 1.82) is 0 Å². The molecule has 9 nitrogen and oxygen atoms in total. The van der Waals surface area contributed by atoms with Crippen molar-refractivity contribution in [2.75, 3.05) is 25.6 Å². The van der Waals surface area contributed by atoms with Crippen molar-refractivity contribution in [3.8, 4) is 0 Å². The monoisotopic (exact) mass is 295 g/mol. The summed E-state index contributed by atoms with van der Waals surface area (Å²) in [6.45, 7) is -0.383. The van der Waals surface area contributed by atoms with Crippen LogP contribution in [0.4, 0.5) is 5.82 Å². The van der Waals surface area contributed by atoms with E-state index in [1.165, 1.54) is 11.0 Å². The number of fused-ring (bicyclic) bond motifs is 1. The largest absolute Gasteiger partial charge is 0.394 e. The van der Waals surface area contributed by atoms with Gasteiger partial charge in [0.2, 0.25) is 0 Å². The zero-order valence-electron chi connectivity index (χ0n) is 11.7. The summed E-state index contributed by atoms with van der Waals surface area (Å²) in [7, 11) is 3.71. The molecular weight excluding hydrogens is 278 g/mol. The summed E-state index contributed by atoms with van der Waals surface area (Å²) in [4.78, 5) is 10.2. The Bertz CT molecular complexity index is 646. The number of aromatic nitrogens is 4. The number of hydrogen-bond donors (Lipinski definition) is 3. The molecule has 1 aliphatic rings. The van der Waals surface area contributed by atoms with Crippen LogP contribution in [0.2, 0.25) is 0 Å². The Kier molecular flexibility index (Phi) is 3.49. The van der Waals surface area contributed by atoms with E-state index in [4.69, 9.17) is 9.84 Å². The van der Waals surface area contributed by atoms with E-state index in [-0.39, 0.29) is 6.61 Å². The Morgan fingerprint density at radius 1 is 1.29 bits per heavy atom. The molecule has 2 aromatic heterocycles. The number of nitrogens with zero attached hydrogens (tertiary/aromatic N) is 5. The predicted molar refractivity (Wildman–Crippen MR) is 72.7 cm³/mol. The molecule has 0 saturated carbocycles. The van der Waals surface area contributed by atoms with Gasteiger partial charge in [-0.25, -0.2) is 14.6 Å². The molecule has 0 spiro atoms. The smallest absolute Gasteiger partial charge is 0.181 e.